The van der Waals surface area contributed by atoms with Crippen LogP contribution < -0.4 is 10.9 Å². The molecule has 2 heterocycles. The van der Waals surface area contributed by atoms with Gasteiger partial charge >= 0.3 is 0 Å². The topological polar surface area (TPSA) is 57.8 Å². The van der Waals surface area contributed by atoms with E-state index in [9.17, 15) is 4.79 Å². The van der Waals surface area contributed by atoms with E-state index in [0.717, 1.165) is 35.1 Å². The van der Waals surface area contributed by atoms with Gasteiger partial charge in [-0.2, -0.15) is 11.8 Å². The molecule has 0 aliphatic carbocycles. The first-order valence-corrected chi connectivity index (χ1v) is 6.71. The van der Waals surface area contributed by atoms with E-state index < -0.39 is 0 Å². The molecule has 0 saturated heterocycles. The smallest absolute Gasteiger partial charge is 0.255 e. The molecule has 1 aromatic heterocycles. The van der Waals surface area contributed by atoms with Crippen molar-refractivity contribution in [3.63, 3.8) is 0 Å². The zero-order valence-corrected chi connectivity index (χ0v) is 10.5. The van der Waals surface area contributed by atoms with Crippen molar-refractivity contribution in [3.8, 4) is 0 Å². The van der Waals surface area contributed by atoms with E-state index in [-0.39, 0.29) is 5.56 Å². The van der Waals surface area contributed by atoms with Gasteiger partial charge in [-0.15, -0.1) is 0 Å². The molecule has 0 saturated carbocycles. The molecule has 16 heavy (non-hydrogen) atoms. The molecule has 0 aromatic carbocycles. The quantitative estimate of drug-likeness (QED) is 0.830. The van der Waals surface area contributed by atoms with Crippen LogP contribution in [-0.4, -0.2) is 15.7 Å². The highest BCUT2D eigenvalue weighted by atomic mass is 32.2. The molecular weight excluding hydrogens is 222 g/mol. The Morgan fingerprint density at radius 1 is 1.44 bits per heavy atom. The van der Waals surface area contributed by atoms with Crippen LogP contribution in [0.3, 0.4) is 0 Å². The van der Waals surface area contributed by atoms with Gasteiger partial charge in [-0.1, -0.05) is 13.8 Å². The van der Waals surface area contributed by atoms with Gasteiger partial charge in [-0.3, -0.25) is 4.79 Å². The third-order valence-electron chi connectivity index (χ3n) is 2.43. The van der Waals surface area contributed by atoms with E-state index in [4.69, 9.17) is 0 Å². The molecule has 0 amide bonds. The molecule has 1 aliphatic heterocycles. The zero-order valence-electron chi connectivity index (χ0n) is 9.67. The SMILES string of the molecule is CC(C)CSCc1nc2c(c(=O)[nH]1)CNC2. The highest BCUT2D eigenvalue weighted by molar-refractivity contribution is 7.98. The fourth-order valence-electron chi connectivity index (χ4n) is 1.69. The second kappa shape index (κ2) is 5.01. The van der Waals surface area contributed by atoms with Crippen molar-refractivity contribution < 1.29 is 0 Å². The fourth-order valence-corrected chi connectivity index (χ4v) is 2.61. The summed E-state index contributed by atoms with van der Waals surface area (Å²) >= 11 is 1.82. The number of nitrogens with one attached hydrogen (secondary N) is 2. The Morgan fingerprint density at radius 3 is 3.00 bits per heavy atom. The third-order valence-corrected chi connectivity index (χ3v) is 3.81. The van der Waals surface area contributed by atoms with Crippen molar-refractivity contribution >= 4 is 11.8 Å². The highest BCUT2D eigenvalue weighted by Gasteiger charge is 2.16. The van der Waals surface area contributed by atoms with Gasteiger partial charge in [0.05, 0.1) is 17.0 Å². The zero-order chi connectivity index (χ0) is 11.5. The normalized spacial score (nSPS) is 14.4. The molecule has 0 unspecified atom stereocenters. The third kappa shape index (κ3) is 2.65. The summed E-state index contributed by atoms with van der Waals surface area (Å²) in [5.74, 6) is 3.37. The van der Waals surface area contributed by atoms with Crippen LogP contribution in [0.15, 0.2) is 4.79 Å². The molecule has 88 valence electrons. The molecule has 1 aromatic rings. The van der Waals surface area contributed by atoms with Crippen molar-refractivity contribution in [2.24, 2.45) is 5.92 Å². The van der Waals surface area contributed by atoms with Gasteiger partial charge < -0.3 is 10.3 Å². The van der Waals surface area contributed by atoms with Crippen LogP contribution in [0.1, 0.15) is 30.9 Å². The summed E-state index contributed by atoms with van der Waals surface area (Å²) < 4.78 is 0. The Balaban J connectivity index is 2.06. The van der Waals surface area contributed by atoms with Crippen LogP contribution in [0.5, 0.6) is 0 Å². The highest BCUT2D eigenvalue weighted by Crippen LogP contribution is 2.14. The number of nitrogens with zero attached hydrogens (tertiary/aromatic N) is 1. The summed E-state index contributed by atoms with van der Waals surface area (Å²) in [6.07, 6.45) is 0. The number of fused-ring (bicyclic) bond motifs is 1. The molecule has 1 aliphatic rings. The number of hydrogen-bond acceptors (Lipinski definition) is 4. The molecule has 4 nitrogen and oxygen atoms in total. The van der Waals surface area contributed by atoms with Crippen molar-refractivity contribution in [1.82, 2.24) is 15.3 Å². The summed E-state index contributed by atoms with van der Waals surface area (Å²) in [6.45, 7) is 5.75. The maximum atomic E-state index is 11.7. The van der Waals surface area contributed by atoms with Crippen LogP contribution in [0.25, 0.3) is 0 Å². The standard InChI is InChI=1S/C11H17N3OS/c1-7(2)5-16-6-10-13-9-4-12-3-8(9)11(15)14-10/h7,12H,3-6H2,1-2H3,(H,13,14,15). The van der Waals surface area contributed by atoms with E-state index in [0.29, 0.717) is 12.5 Å². The van der Waals surface area contributed by atoms with Crippen LogP contribution in [0.2, 0.25) is 0 Å². The minimum Gasteiger partial charge on any atom is -0.310 e. The molecular formula is C11H17N3OS. The average molecular weight is 239 g/mol. The number of H-pyrrole nitrogens is 1. The Morgan fingerprint density at radius 2 is 2.25 bits per heavy atom. The molecule has 0 radical (unpaired) electrons. The lowest BCUT2D eigenvalue weighted by Gasteiger charge is -2.05. The minimum absolute atomic E-state index is 0.0233. The fraction of sp³-hybridized carbons (Fsp3) is 0.636. The van der Waals surface area contributed by atoms with Gasteiger partial charge in [0.1, 0.15) is 5.82 Å². The molecule has 2 N–H and O–H groups in total. The summed E-state index contributed by atoms with van der Waals surface area (Å²) in [5.41, 5.74) is 1.75. The molecule has 0 atom stereocenters. The molecule has 0 bridgehead atoms. The molecule has 0 spiro atoms. The van der Waals surface area contributed by atoms with Gasteiger partial charge in [0.2, 0.25) is 0 Å². The number of hydrogen-bond donors (Lipinski definition) is 2. The summed E-state index contributed by atoms with van der Waals surface area (Å²) in [7, 11) is 0. The second-order valence-electron chi connectivity index (χ2n) is 4.45. The van der Waals surface area contributed by atoms with E-state index in [2.05, 4.69) is 29.1 Å². The molecule has 2 rings (SSSR count). The van der Waals surface area contributed by atoms with Gasteiger partial charge in [-0.05, 0) is 11.7 Å². The van der Waals surface area contributed by atoms with Gasteiger partial charge in [-0.25, -0.2) is 4.98 Å². The van der Waals surface area contributed by atoms with Crippen molar-refractivity contribution in [3.05, 3.63) is 27.4 Å². The van der Waals surface area contributed by atoms with Crippen molar-refractivity contribution in [2.75, 3.05) is 5.75 Å². The lowest BCUT2D eigenvalue weighted by atomic mass is 10.3. The first kappa shape index (κ1) is 11.7. The molecule has 0 fully saturated rings. The number of rotatable bonds is 4. The predicted molar refractivity (Wildman–Crippen MR) is 66.4 cm³/mol. The average Bonchev–Trinajstić information content (AvgIpc) is 2.65. The van der Waals surface area contributed by atoms with E-state index in [1.807, 2.05) is 11.8 Å². The first-order valence-electron chi connectivity index (χ1n) is 5.56. The van der Waals surface area contributed by atoms with Gasteiger partial charge in [0.25, 0.3) is 5.56 Å². The Hall–Kier alpha value is -0.810. The van der Waals surface area contributed by atoms with Crippen LogP contribution in [-0.2, 0) is 18.8 Å². The Kier molecular flexibility index (Phi) is 3.66. The number of aromatic amines is 1. The van der Waals surface area contributed by atoms with E-state index >= 15 is 0 Å². The lowest BCUT2D eigenvalue weighted by Crippen LogP contribution is -2.17. The van der Waals surface area contributed by atoms with Crippen molar-refractivity contribution in [2.45, 2.75) is 32.7 Å². The minimum atomic E-state index is 0.0233. The second-order valence-corrected chi connectivity index (χ2v) is 5.48. The van der Waals surface area contributed by atoms with Gasteiger partial charge in [0.15, 0.2) is 0 Å². The van der Waals surface area contributed by atoms with Gasteiger partial charge in [0, 0.05) is 13.1 Å². The monoisotopic (exact) mass is 239 g/mol. The van der Waals surface area contributed by atoms with Crippen LogP contribution in [0, 0.1) is 5.92 Å². The maximum absolute atomic E-state index is 11.7. The Bertz CT molecular complexity index is 428. The van der Waals surface area contributed by atoms with Crippen LogP contribution in [0.4, 0.5) is 0 Å². The summed E-state index contributed by atoms with van der Waals surface area (Å²) in [5, 5.41) is 3.14. The van der Waals surface area contributed by atoms with E-state index in [1.54, 1.807) is 0 Å². The largest absolute Gasteiger partial charge is 0.310 e. The molecule has 5 heteroatoms. The summed E-state index contributed by atoms with van der Waals surface area (Å²) in [4.78, 5) is 19.0. The number of thioether (sulfide) groups is 1. The predicted octanol–water partition coefficient (Wildman–Crippen LogP) is 1.26. The maximum Gasteiger partial charge on any atom is 0.255 e. The van der Waals surface area contributed by atoms with E-state index in [1.165, 1.54) is 0 Å². The first-order chi connectivity index (χ1) is 7.66. The van der Waals surface area contributed by atoms with Crippen molar-refractivity contribution in [1.29, 1.82) is 0 Å². The Labute approximate surface area is 99.3 Å². The lowest BCUT2D eigenvalue weighted by molar-refractivity contribution is 0.749. The van der Waals surface area contributed by atoms with Crippen LogP contribution >= 0.6 is 11.8 Å². The summed E-state index contributed by atoms with van der Waals surface area (Å²) in [6, 6.07) is 0. The number of aromatic nitrogens is 2.